The first-order valence-corrected chi connectivity index (χ1v) is 9.84. The number of amides is 1. The van der Waals surface area contributed by atoms with Crippen LogP contribution in [0.4, 0.5) is 0 Å². The van der Waals surface area contributed by atoms with E-state index in [2.05, 4.69) is 16.8 Å². The number of carbonyl (C=O) groups excluding carboxylic acids is 1. The van der Waals surface area contributed by atoms with Gasteiger partial charge in [-0.25, -0.2) is 0 Å². The highest BCUT2D eigenvalue weighted by Crippen LogP contribution is 2.31. The summed E-state index contributed by atoms with van der Waals surface area (Å²) in [5, 5.41) is 3.66. The fourth-order valence-electron chi connectivity index (χ4n) is 4.81. The highest BCUT2D eigenvalue weighted by atomic mass is 16.5. The molecule has 2 atom stereocenters. The van der Waals surface area contributed by atoms with Crippen molar-refractivity contribution in [2.24, 2.45) is 0 Å². The molecule has 3 heterocycles. The van der Waals surface area contributed by atoms with E-state index >= 15 is 0 Å². The topological polar surface area (TPSA) is 46.5 Å². The third kappa shape index (κ3) is 3.25. The van der Waals surface area contributed by atoms with Crippen molar-refractivity contribution >= 4 is 5.91 Å². The number of nitrogens with one attached hydrogen (secondary N) is 1. The van der Waals surface area contributed by atoms with Gasteiger partial charge in [0.2, 0.25) is 0 Å². The van der Waals surface area contributed by atoms with Gasteiger partial charge in [-0.05, 0) is 69.9 Å². The fraction of sp³-hybridized carbons (Fsp3) is 0.500. The van der Waals surface area contributed by atoms with Crippen molar-refractivity contribution in [2.45, 2.75) is 57.7 Å². The maximum absolute atomic E-state index is 13.3. The molecule has 0 radical (unpaired) electrons. The number of nitrogens with zero attached hydrogens (tertiary/aromatic N) is 2. The molecule has 5 nitrogen and oxygen atoms in total. The zero-order chi connectivity index (χ0) is 19.1. The summed E-state index contributed by atoms with van der Waals surface area (Å²) in [6, 6.07) is 11.5. The van der Waals surface area contributed by atoms with Crippen molar-refractivity contribution < 1.29 is 9.53 Å². The van der Waals surface area contributed by atoms with Crippen LogP contribution in [0, 0.1) is 13.8 Å². The number of hydrogen-bond acceptors (Lipinski definition) is 3. The Morgan fingerprint density at radius 2 is 1.78 bits per heavy atom. The average molecular weight is 367 g/mol. The minimum Gasteiger partial charge on any atom is -0.497 e. The van der Waals surface area contributed by atoms with Crippen molar-refractivity contribution in [3.63, 3.8) is 0 Å². The summed E-state index contributed by atoms with van der Waals surface area (Å²) in [7, 11) is 3.64. The number of piperidine rings is 1. The number of aryl methyl sites for hydroxylation is 1. The summed E-state index contributed by atoms with van der Waals surface area (Å²) < 4.78 is 7.40. The molecule has 2 aliphatic rings. The van der Waals surface area contributed by atoms with E-state index in [-0.39, 0.29) is 5.91 Å². The summed E-state index contributed by atoms with van der Waals surface area (Å²) >= 11 is 0. The van der Waals surface area contributed by atoms with E-state index in [0.717, 1.165) is 41.2 Å². The van der Waals surface area contributed by atoms with Gasteiger partial charge >= 0.3 is 0 Å². The molecule has 5 heteroatoms. The lowest BCUT2D eigenvalue weighted by molar-refractivity contribution is 0.0681. The average Bonchev–Trinajstić information content (AvgIpc) is 3.18. The van der Waals surface area contributed by atoms with Crippen molar-refractivity contribution in [1.82, 2.24) is 14.8 Å². The normalized spacial score (nSPS) is 24.1. The molecular formula is C22H29N3O2. The van der Waals surface area contributed by atoms with Crippen LogP contribution in [0.25, 0.3) is 5.69 Å². The summed E-state index contributed by atoms with van der Waals surface area (Å²) in [5.41, 5.74) is 3.91. The van der Waals surface area contributed by atoms with E-state index in [0.29, 0.717) is 18.1 Å². The van der Waals surface area contributed by atoms with Crippen LogP contribution in [0.2, 0.25) is 0 Å². The lowest BCUT2D eigenvalue weighted by Crippen LogP contribution is -2.48. The van der Waals surface area contributed by atoms with Crippen LogP contribution < -0.4 is 10.1 Å². The molecule has 0 saturated carbocycles. The predicted molar refractivity (Wildman–Crippen MR) is 107 cm³/mol. The van der Waals surface area contributed by atoms with Crippen molar-refractivity contribution in [2.75, 3.05) is 14.2 Å². The van der Waals surface area contributed by atoms with Gasteiger partial charge in [-0.15, -0.1) is 0 Å². The quantitative estimate of drug-likeness (QED) is 0.900. The van der Waals surface area contributed by atoms with Gasteiger partial charge in [-0.2, -0.15) is 0 Å². The number of carbonyl (C=O) groups is 1. The molecule has 144 valence electrons. The lowest BCUT2D eigenvalue weighted by Gasteiger charge is -2.35. The Morgan fingerprint density at radius 3 is 2.37 bits per heavy atom. The van der Waals surface area contributed by atoms with Crippen LogP contribution in [0.15, 0.2) is 30.3 Å². The van der Waals surface area contributed by atoms with Crippen molar-refractivity contribution in [3.8, 4) is 11.4 Å². The van der Waals surface area contributed by atoms with Crippen molar-refractivity contribution in [3.05, 3.63) is 47.3 Å². The molecule has 1 N–H and O–H groups in total. The SMILES string of the molecule is COc1ccc(-n2c(C)cc(C(=O)N(C)C3CC4CCC(C3)N4)c2C)cc1. The molecule has 27 heavy (non-hydrogen) atoms. The van der Waals surface area contributed by atoms with Crippen LogP contribution in [0.5, 0.6) is 5.75 Å². The Balaban J connectivity index is 1.59. The number of ether oxygens (including phenoxy) is 1. The molecular weight excluding hydrogens is 338 g/mol. The minimum absolute atomic E-state index is 0.133. The smallest absolute Gasteiger partial charge is 0.255 e. The molecule has 1 aromatic carbocycles. The maximum Gasteiger partial charge on any atom is 0.255 e. The van der Waals surface area contributed by atoms with E-state index < -0.39 is 0 Å². The molecule has 2 saturated heterocycles. The van der Waals surface area contributed by atoms with Crippen LogP contribution in [0.3, 0.4) is 0 Å². The van der Waals surface area contributed by atoms with Gasteiger partial charge in [0.15, 0.2) is 0 Å². The molecule has 2 aliphatic heterocycles. The molecule has 2 aromatic rings. The fourth-order valence-corrected chi connectivity index (χ4v) is 4.81. The van der Waals surface area contributed by atoms with Gasteiger partial charge in [0, 0.05) is 42.2 Å². The largest absolute Gasteiger partial charge is 0.497 e. The molecule has 0 spiro atoms. The predicted octanol–water partition coefficient (Wildman–Crippen LogP) is 3.46. The first kappa shape index (κ1) is 18.1. The molecule has 1 amide bonds. The zero-order valence-corrected chi connectivity index (χ0v) is 16.7. The van der Waals surface area contributed by atoms with Gasteiger partial charge in [0.05, 0.1) is 12.7 Å². The van der Waals surface area contributed by atoms with Gasteiger partial charge in [0.1, 0.15) is 5.75 Å². The molecule has 2 unspecified atom stereocenters. The summed E-state index contributed by atoms with van der Waals surface area (Å²) in [5.74, 6) is 0.965. The number of benzene rings is 1. The molecule has 2 fully saturated rings. The molecule has 4 rings (SSSR count). The van der Waals surface area contributed by atoms with E-state index in [9.17, 15) is 4.79 Å². The van der Waals surface area contributed by atoms with Gasteiger partial charge < -0.3 is 19.5 Å². The minimum atomic E-state index is 0.133. The second-order valence-corrected chi connectivity index (χ2v) is 8.00. The Morgan fingerprint density at radius 1 is 1.15 bits per heavy atom. The van der Waals surface area contributed by atoms with Gasteiger partial charge in [-0.3, -0.25) is 4.79 Å². The highest BCUT2D eigenvalue weighted by Gasteiger charge is 2.37. The zero-order valence-electron chi connectivity index (χ0n) is 16.7. The molecule has 0 aliphatic carbocycles. The number of rotatable bonds is 4. The standard InChI is InChI=1S/C22H29N3O2/c1-14-11-21(15(2)25(14)18-7-9-20(27-4)10-8-18)22(26)24(3)19-12-16-5-6-17(13-19)23-16/h7-11,16-17,19,23H,5-6,12-13H2,1-4H3. The van der Waals surface area contributed by atoms with E-state index in [1.807, 2.05) is 49.2 Å². The first-order chi connectivity index (χ1) is 13.0. The van der Waals surface area contributed by atoms with E-state index in [4.69, 9.17) is 4.74 Å². The first-order valence-electron chi connectivity index (χ1n) is 9.84. The number of aromatic nitrogens is 1. The second kappa shape index (κ2) is 7.04. The summed E-state index contributed by atoms with van der Waals surface area (Å²) in [6.45, 7) is 4.09. The van der Waals surface area contributed by atoms with E-state index in [1.54, 1.807) is 7.11 Å². The Kier molecular flexibility index (Phi) is 4.72. The van der Waals surface area contributed by atoms with Gasteiger partial charge in [0.25, 0.3) is 5.91 Å². The second-order valence-electron chi connectivity index (χ2n) is 8.00. The lowest BCUT2D eigenvalue weighted by atomic mass is 9.98. The third-order valence-electron chi connectivity index (χ3n) is 6.31. The number of methoxy groups -OCH3 is 1. The van der Waals surface area contributed by atoms with Crippen LogP contribution in [-0.2, 0) is 0 Å². The molecule has 1 aromatic heterocycles. The van der Waals surface area contributed by atoms with Crippen molar-refractivity contribution in [1.29, 1.82) is 0 Å². The Hall–Kier alpha value is -2.27. The third-order valence-corrected chi connectivity index (χ3v) is 6.31. The van der Waals surface area contributed by atoms with Crippen LogP contribution in [0.1, 0.15) is 47.4 Å². The molecule has 2 bridgehead atoms. The number of hydrogen-bond donors (Lipinski definition) is 1. The summed E-state index contributed by atoms with van der Waals surface area (Å²) in [6.07, 6.45) is 4.62. The van der Waals surface area contributed by atoms with E-state index in [1.165, 1.54) is 12.8 Å². The number of fused-ring (bicyclic) bond motifs is 2. The maximum atomic E-state index is 13.3. The monoisotopic (exact) mass is 367 g/mol. The highest BCUT2D eigenvalue weighted by molar-refractivity contribution is 5.96. The Bertz CT molecular complexity index is 828. The van der Waals surface area contributed by atoms with Crippen LogP contribution >= 0.6 is 0 Å². The van der Waals surface area contributed by atoms with Crippen LogP contribution in [-0.4, -0.2) is 47.7 Å². The Labute approximate surface area is 161 Å². The van der Waals surface area contributed by atoms with Gasteiger partial charge in [-0.1, -0.05) is 0 Å². The summed E-state index contributed by atoms with van der Waals surface area (Å²) in [4.78, 5) is 15.2.